The van der Waals surface area contributed by atoms with Crippen LogP contribution in [-0.2, 0) is 4.74 Å². The fraction of sp³-hybridized carbons (Fsp3) is 0.444. The molecular weight excluding hydrogens is 292 g/mol. The first-order valence-electron chi connectivity index (χ1n) is 7.68. The van der Waals surface area contributed by atoms with Gasteiger partial charge in [-0.15, -0.1) is 11.3 Å². The second-order valence-electron chi connectivity index (χ2n) is 5.52. The number of nitrogens with zero attached hydrogens (tertiary/aromatic N) is 2. The van der Waals surface area contributed by atoms with E-state index in [0.717, 1.165) is 40.4 Å². The van der Waals surface area contributed by atoms with E-state index >= 15 is 0 Å². The Bertz CT molecular complexity index is 647. The number of hydrogen-bond donors (Lipinski definition) is 0. The number of aromatic nitrogens is 1. The van der Waals surface area contributed by atoms with E-state index in [1.807, 2.05) is 11.6 Å². The standard InChI is InChI=1S/C18H24N2OS/c1-6-7-12(2)20-17-11-15(14(4)21-5)10-16(13(17)3)18-19-8-9-22-18/h8-11,14H,6-7H2,1-5H3. The molecule has 0 bridgehead atoms. The summed E-state index contributed by atoms with van der Waals surface area (Å²) in [4.78, 5) is 9.29. The zero-order valence-corrected chi connectivity index (χ0v) is 14.8. The van der Waals surface area contributed by atoms with Gasteiger partial charge in [0.2, 0.25) is 0 Å². The van der Waals surface area contributed by atoms with Crippen LogP contribution in [0.15, 0.2) is 28.7 Å². The maximum Gasteiger partial charge on any atom is 0.123 e. The Morgan fingerprint density at radius 2 is 2.18 bits per heavy atom. The minimum absolute atomic E-state index is 0.0414. The van der Waals surface area contributed by atoms with Crippen LogP contribution in [0.1, 0.15) is 50.8 Å². The van der Waals surface area contributed by atoms with Gasteiger partial charge in [-0.1, -0.05) is 13.3 Å². The summed E-state index contributed by atoms with van der Waals surface area (Å²) in [5.41, 5.74) is 5.66. The van der Waals surface area contributed by atoms with Crippen LogP contribution >= 0.6 is 11.3 Å². The van der Waals surface area contributed by atoms with E-state index in [1.165, 1.54) is 5.56 Å². The van der Waals surface area contributed by atoms with Crippen LogP contribution in [0.4, 0.5) is 5.69 Å². The minimum Gasteiger partial charge on any atom is -0.377 e. The summed E-state index contributed by atoms with van der Waals surface area (Å²) in [6, 6.07) is 4.32. The summed E-state index contributed by atoms with van der Waals surface area (Å²) in [5, 5.41) is 3.04. The summed E-state index contributed by atoms with van der Waals surface area (Å²) in [6.07, 6.45) is 4.02. The molecule has 1 unspecified atom stereocenters. The van der Waals surface area contributed by atoms with Crippen molar-refractivity contribution < 1.29 is 4.74 Å². The average Bonchev–Trinajstić information content (AvgIpc) is 3.02. The molecule has 2 aromatic rings. The lowest BCUT2D eigenvalue weighted by Crippen LogP contribution is -1.98. The first-order chi connectivity index (χ1) is 10.6. The smallest absolute Gasteiger partial charge is 0.123 e. The lowest BCUT2D eigenvalue weighted by molar-refractivity contribution is 0.119. The maximum atomic E-state index is 5.49. The molecule has 0 radical (unpaired) electrons. The molecular formula is C18H24N2OS. The molecule has 118 valence electrons. The van der Waals surface area contributed by atoms with Crippen LogP contribution in [-0.4, -0.2) is 17.8 Å². The lowest BCUT2D eigenvalue weighted by atomic mass is 10.00. The van der Waals surface area contributed by atoms with Gasteiger partial charge in [-0.05, 0) is 50.5 Å². The maximum absolute atomic E-state index is 5.49. The van der Waals surface area contributed by atoms with Gasteiger partial charge in [0.25, 0.3) is 0 Å². The minimum atomic E-state index is 0.0414. The number of thiazole rings is 1. The Balaban J connectivity index is 2.57. The van der Waals surface area contributed by atoms with Gasteiger partial charge in [-0.2, -0.15) is 0 Å². The topological polar surface area (TPSA) is 34.5 Å². The summed E-state index contributed by atoms with van der Waals surface area (Å²) < 4.78 is 5.49. The van der Waals surface area contributed by atoms with Gasteiger partial charge < -0.3 is 4.74 Å². The van der Waals surface area contributed by atoms with E-state index < -0.39 is 0 Å². The van der Waals surface area contributed by atoms with E-state index in [4.69, 9.17) is 9.73 Å². The molecule has 0 saturated carbocycles. The Hall–Kier alpha value is -1.52. The van der Waals surface area contributed by atoms with Crippen molar-refractivity contribution in [2.45, 2.75) is 46.6 Å². The van der Waals surface area contributed by atoms with Crippen LogP contribution in [0.25, 0.3) is 10.6 Å². The Kier molecular flexibility index (Phi) is 5.86. The van der Waals surface area contributed by atoms with Crippen LogP contribution in [0.2, 0.25) is 0 Å². The molecule has 0 fully saturated rings. The first kappa shape index (κ1) is 16.8. The third-order valence-electron chi connectivity index (χ3n) is 3.81. The molecule has 0 amide bonds. The van der Waals surface area contributed by atoms with Crippen LogP contribution < -0.4 is 0 Å². The van der Waals surface area contributed by atoms with Crippen molar-refractivity contribution in [1.29, 1.82) is 0 Å². The van der Waals surface area contributed by atoms with E-state index in [9.17, 15) is 0 Å². The molecule has 1 aromatic heterocycles. The molecule has 22 heavy (non-hydrogen) atoms. The molecule has 1 aromatic carbocycles. The fourth-order valence-electron chi connectivity index (χ4n) is 2.41. The third-order valence-corrected chi connectivity index (χ3v) is 4.62. The largest absolute Gasteiger partial charge is 0.377 e. The second-order valence-corrected chi connectivity index (χ2v) is 6.42. The Morgan fingerprint density at radius 1 is 1.41 bits per heavy atom. The molecule has 0 N–H and O–H groups in total. The number of rotatable bonds is 6. The zero-order valence-electron chi connectivity index (χ0n) is 14.0. The summed E-state index contributed by atoms with van der Waals surface area (Å²) in [5.74, 6) is 0. The molecule has 1 heterocycles. The predicted octanol–water partition coefficient (Wildman–Crippen LogP) is 5.72. The van der Waals surface area contributed by atoms with Crippen molar-refractivity contribution in [1.82, 2.24) is 4.98 Å². The van der Waals surface area contributed by atoms with Crippen molar-refractivity contribution in [3.05, 3.63) is 34.8 Å². The van der Waals surface area contributed by atoms with E-state index in [1.54, 1.807) is 18.4 Å². The molecule has 1 atom stereocenters. The van der Waals surface area contributed by atoms with Gasteiger partial charge in [0.05, 0.1) is 11.8 Å². The quantitative estimate of drug-likeness (QED) is 0.639. The van der Waals surface area contributed by atoms with Gasteiger partial charge in [0, 0.05) is 30.0 Å². The second kappa shape index (κ2) is 7.65. The lowest BCUT2D eigenvalue weighted by Gasteiger charge is -2.15. The highest BCUT2D eigenvalue weighted by Gasteiger charge is 2.14. The molecule has 3 nitrogen and oxygen atoms in total. The Morgan fingerprint density at radius 3 is 2.77 bits per heavy atom. The van der Waals surface area contributed by atoms with E-state index in [2.05, 4.69) is 44.8 Å². The highest BCUT2D eigenvalue weighted by molar-refractivity contribution is 7.13. The normalized spacial score (nSPS) is 13.4. The van der Waals surface area contributed by atoms with Crippen molar-refractivity contribution in [2.24, 2.45) is 4.99 Å². The summed E-state index contributed by atoms with van der Waals surface area (Å²) >= 11 is 1.66. The molecule has 0 aliphatic heterocycles. The molecule has 0 spiro atoms. The molecule has 0 aliphatic carbocycles. The average molecular weight is 316 g/mol. The fourth-order valence-corrected chi connectivity index (χ4v) is 3.12. The van der Waals surface area contributed by atoms with Crippen LogP contribution in [0.5, 0.6) is 0 Å². The number of methoxy groups -OCH3 is 1. The number of benzene rings is 1. The highest BCUT2D eigenvalue weighted by atomic mass is 32.1. The van der Waals surface area contributed by atoms with E-state index in [0.29, 0.717) is 0 Å². The first-order valence-corrected chi connectivity index (χ1v) is 8.56. The molecule has 0 aliphatic rings. The van der Waals surface area contributed by atoms with Crippen molar-refractivity contribution >= 4 is 22.7 Å². The van der Waals surface area contributed by atoms with Crippen molar-refractivity contribution in [3.63, 3.8) is 0 Å². The number of hydrogen-bond acceptors (Lipinski definition) is 4. The summed E-state index contributed by atoms with van der Waals surface area (Å²) in [6.45, 7) is 8.45. The zero-order chi connectivity index (χ0) is 16.1. The van der Waals surface area contributed by atoms with Crippen molar-refractivity contribution in [2.75, 3.05) is 7.11 Å². The van der Waals surface area contributed by atoms with E-state index in [-0.39, 0.29) is 6.10 Å². The van der Waals surface area contributed by atoms with Crippen LogP contribution in [0, 0.1) is 6.92 Å². The van der Waals surface area contributed by atoms with Gasteiger partial charge in [0.15, 0.2) is 0 Å². The van der Waals surface area contributed by atoms with Gasteiger partial charge >= 0.3 is 0 Å². The summed E-state index contributed by atoms with van der Waals surface area (Å²) in [7, 11) is 1.73. The number of aliphatic imine (C=N–C) groups is 1. The van der Waals surface area contributed by atoms with Crippen LogP contribution in [0.3, 0.4) is 0 Å². The molecule has 2 rings (SSSR count). The monoisotopic (exact) mass is 316 g/mol. The SMILES string of the molecule is CCCC(C)=Nc1cc(C(C)OC)cc(-c2nccs2)c1C. The van der Waals surface area contributed by atoms with Gasteiger partial charge in [0.1, 0.15) is 5.01 Å². The highest BCUT2D eigenvalue weighted by Crippen LogP contribution is 2.35. The number of ether oxygens (including phenoxy) is 1. The third kappa shape index (κ3) is 3.81. The molecule has 0 saturated heterocycles. The van der Waals surface area contributed by atoms with Gasteiger partial charge in [-0.25, -0.2) is 4.98 Å². The van der Waals surface area contributed by atoms with Crippen molar-refractivity contribution in [3.8, 4) is 10.6 Å². The predicted molar refractivity (Wildman–Crippen MR) is 95.4 cm³/mol. The Labute approximate surface area is 137 Å². The van der Waals surface area contributed by atoms with Gasteiger partial charge in [-0.3, -0.25) is 4.99 Å². The molecule has 4 heteroatoms.